The third-order valence-corrected chi connectivity index (χ3v) is 2.01. The first-order valence-electron chi connectivity index (χ1n) is 5.69. The van der Waals surface area contributed by atoms with E-state index >= 15 is 0 Å². The van der Waals surface area contributed by atoms with Crippen LogP contribution in [0, 0.1) is 0 Å². The number of allylic oxidation sites excluding steroid dienone is 4. The molecule has 0 aromatic heterocycles. The maximum atomic E-state index is 9.36. The van der Waals surface area contributed by atoms with Crippen molar-refractivity contribution in [2.45, 2.75) is 38.4 Å². The molecule has 0 spiro atoms. The summed E-state index contributed by atoms with van der Waals surface area (Å²) >= 11 is 0. The minimum Gasteiger partial charge on any atom is -0.396 e. The lowest BCUT2D eigenvalue weighted by Gasteiger charge is -2.00. The van der Waals surface area contributed by atoms with Gasteiger partial charge in [0.2, 0.25) is 0 Å². The first-order chi connectivity index (χ1) is 7.70. The summed E-state index contributed by atoms with van der Waals surface area (Å²) in [4.78, 5) is 0. The molecule has 0 saturated carbocycles. The largest absolute Gasteiger partial charge is 0.396 e. The number of hydrogen-bond acceptors (Lipinski definition) is 3. The van der Waals surface area contributed by atoms with E-state index in [0.29, 0.717) is 6.42 Å². The Morgan fingerprint density at radius 1 is 0.875 bits per heavy atom. The van der Waals surface area contributed by atoms with Crippen molar-refractivity contribution in [1.82, 2.24) is 0 Å². The van der Waals surface area contributed by atoms with E-state index < -0.39 is 6.10 Å². The summed E-state index contributed by atoms with van der Waals surface area (Å²) in [6.45, 7) is 2.01. The van der Waals surface area contributed by atoms with Crippen molar-refractivity contribution in [3.05, 3.63) is 36.5 Å². The van der Waals surface area contributed by atoms with Crippen LogP contribution in [0.25, 0.3) is 0 Å². The van der Waals surface area contributed by atoms with Crippen LogP contribution >= 0.6 is 0 Å². The Morgan fingerprint density at radius 3 is 1.81 bits per heavy atom. The summed E-state index contributed by atoms with van der Waals surface area (Å²) in [6, 6.07) is 0. The second kappa shape index (κ2) is 10.6. The molecule has 0 radical (unpaired) electrons. The van der Waals surface area contributed by atoms with Crippen molar-refractivity contribution in [1.29, 1.82) is 0 Å². The van der Waals surface area contributed by atoms with Gasteiger partial charge in [0.25, 0.3) is 0 Å². The van der Waals surface area contributed by atoms with Crippen LogP contribution in [-0.2, 0) is 0 Å². The van der Waals surface area contributed by atoms with Gasteiger partial charge < -0.3 is 15.3 Å². The maximum Gasteiger partial charge on any atom is 0.0745 e. The van der Waals surface area contributed by atoms with Gasteiger partial charge in [0.05, 0.1) is 12.2 Å². The average molecular weight is 226 g/mol. The van der Waals surface area contributed by atoms with E-state index in [-0.39, 0.29) is 12.7 Å². The van der Waals surface area contributed by atoms with Gasteiger partial charge in [-0.25, -0.2) is 0 Å². The number of aliphatic hydroxyl groups is 3. The van der Waals surface area contributed by atoms with Crippen LogP contribution in [0.3, 0.4) is 0 Å². The molecule has 0 aliphatic heterocycles. The van der Waals surface area contributed by atoms with E-state index in [0.717, 1.165) is 12.8 Å². The van der Waals surface area contributed by atoms with Gasteiger partial charge in [0, 0.05) is 6.61 Å². The molecule has 2 atom stereocenters. The van der Waals surface area contributed by atoms with Crippen molar-refractivity contribution in [3.8, 4) is 0 Å². The monoisotopic (exact) mass is 226 g/mol. The number of hydrogen-bond donors (Lipinski definition) is 3. The summed E-state index contributed by atoms with van der Waals surface area (Å²) in [6.07, 6.45) is 11.5. The SMILES string of the molecule is CCC[C@@H](O)/C=C/C=C\C=C\[C@@H](O)CCO. The van der Waals surface area contributed by atoms with Crippen LogP contribution in [0.2, 0.25) is 0 Å². The van der Waals surface area contributed by atoms with Gasteiger partial charge in [-0.2, -0.15) is 0 Å². The van der Waals surface area contributed by atoms with E-state index in [1.807, 2.05) is 6.92 Å². The molecule has 0 unspecified atom stereocenters. The van der Waals surface area contributed by atoms with Crippen molar-refractivity contribution in [3.63, 3.8) is 0 Å². The Balaban J connectivity index is 3.75. The van der Waals surface area contributed by atoms with Gasteiger partial charge in [0.1, 0.15) is 0 Å². The summed E-state index contributed by atoms with van der Waals surface area (Å²) in [5.41, 5.74) is 0. The van der Waals surface area contributed by atoms with Gasteiger partial charge in [-0.15, -0.1) is 0 Å². The van der Waals surface area contributed by atoms with Crippen LogP contribution in [0.1, 0.15) is 26.2 Å². The molecule has 0 aromatic rings. The van der Waals surface area contributed by atoms with E-state index in [1.165, 1.54) is 0 Å². The van der Waals surface area contributed by atoms with Crippen LogP contribution in [0.15, 0.2) is 36.5 Å². The normalized spacial score (nSPS) is 16.5. The second-order valence-electron chi connectivity index (χ2n) is 3.59. The molecular formula is C13H22O3. The number of rotatable bonds is 8. The first-order valence-corrected chi connectivity index (χ1v) is 5.69. The predicted molar refractivity (Wildman–Crippen MR) is 66.0 cm³/mol. The third kappa shape index (κ3) is 9.65. The molecule has 0 aromatic carbocycles. The van der Waals surface area contributed by atoms with Crippen LogP contribution in [0.4, 0.5) is 0 Å². The zero-order valence-electron chi connectivity index (χ0n) is 9.79. The lowest BCUT2D eigenvalue weighted by Crippen LogP contribution is -2.03. The Hall–Kier alpha value is -0.900. The van der Waals surface area contributed by atoms with E-state index in [4.69, 9.17) is 5.11 Å². The molecule has 0 aliphatic carbocycles. The fraction of sp³-hybridized carbons (Fsp3) is 0.538. The maximum absolute atomic E-state index is 9.36. The molecule has 16 heavy (non-hydrogen) atoms. The van der Waals surface area contributed by atoms with Crippen molar-refractivity contribution in [2.24, 2.45) is 0 Å². The zero-order chi connectivity index (χ0) is 12.2. The highest BCUT2D eigenvalue weighted by molar-refractivity contribution is 5.12. The zero-order valence-corrected chi connectivity index (χ0v) is 9.79. The Morgan fingerprint density at radius 2 is 1.38 bits per heavy atom. The topological polar surface area (TPSA) is 60.7 Å². The quantitative estimate of drug-likeness (QED) is 0.550. The fourth-order valence-electron chi connectivity index (χ4n) is 1.13. The van der Waals surface area contributed by atoms with Crippen molar-refractivity contribution < 1.29 is 15.3 Å². The summed E-state index contributed by atoms with van der Waals surface area (Å²) < 4.78 is 0. The van der Waals surface area contributed by atoms with Gasteiger partial charge in [-0.3, -0.25) is 0 Å². The smallest absolute Gasteiger partial charge is 0.0745 e. The first kappa shape index (κ1) is 15.1. The Bertz CT molecular complexity index is 207. The highest BCUT2D eigenvalue weighted by Gasteiger charge is 1.94. The summed E-state index contributed by atoms with van der Waals surface area (Å²) in [7, 11) is 0. The van der Waals surface area contributed by atoms with Gasteiger partial charge in [-0.1, -0.05) is 49.8 Å². The molecule has 3 heteroatoms. The van der Waals surface area contributed by atoms with E-state index in [9.17, 15) is 10.2 Å². The summed E-state index contributed by atoms with van der Waals surface area (Å²) in [5, 5.41) is 27.1. The Kier molecular flexibility index (Phi) is 10.0. The molecular weight excluding hydrogens is 204 g/mol. The lowest BCUT2D eigenvalue weighted by atomic mass is 10.2. The van der Waals surface area contributed by atoms with Crippen LogP contribution in [0.5, 0.6) is 0 Å². The van der Waals surface area contributed by atoms with Crippen molar-refractivity contribution in [2.75, 3.05) is 6.61 Å². The average Bonchev–Trinajstić information content (AvgIpc) is 2.24. The minimum absolute atomic E-state index is 0.0155. The molecule has 0 heterocycles. The Labute approximate surface area is 97.4 Å². The van der Waals surface area contributed by atoms with E-state index in [2.05, 4.69) is 0 Å². The predicted octanol–water partition coefficient (Wildman–Crippen LogP) is 1.56. The van der Waals surface area contributed by atoms with Gasteiger partial charge >= 0.3 is 0 Å². The number of aliphatic hydroxyl groups excluding tert-OH is 3. The standard InChI is InChI=1S/C13H22O3/c1-2-7-12(15)8-5-3-4-6-9-13(16)10-11-14/h3-6,8-9,12-16H,2,7,10-11H2,1H3/b4-3-,8-5+,9-6+/t12-,13-/m1/s1. The molecule has 92 valence electrons. The molecule has 0 bridgehead atoms. The van der Waals surface area contributed by atoms with Crippen LogP contribution < -0.4 is 0 Å². The van der Waals surface area contributed by atoms with E-state index in [1.54, 1.807) is 36.5 Å². The minimum atomic E-state index is -0.593. The molecule has 0 aliphatic rings. The highest BCUT2D eigenvalue weighted by Crippen LogP contribution is 1.97. The highest BCUT2D eigenvalue weighted by atomic mass is 16.3. The van der Waals surface area contributed by atoms with Gasteiger partial charge in [0.15, 0.2) is 0 Å². The third-order valence-electron chi connectivity index (χ3n) is 2.01. The van der Waals surface area contributed by atoms with Gasteiger partial charge in [-0.05, 0) is 12.8 Å². The molecule has 0 amide bonds. The summed E-state index contributed by atoms with van der Waals surface area (Å²) in [5.74, 6) is 0. The molecule has 0 fully saturated rings. The second-order valence-corrected chi connectivity index (χ2v) is 3.59. The fourth-order valence-corrected chi connectivity index (χ4v) is 1.13. The molecule has 0 saturated heterocycles. The molecule has 3 N–H and O–H groups in total. The molecule has 3 nitrogen and oxygen atoms in total. The molecule has 0 rings (SSSR count). The lowest BCUT2D eigenvalue weighted by molar-refractivity contribution is 0.170. The van der Waals surface area contributed by atoms with Crippen molar-refractivity contribution >= 4 is 0 Å². The van der Waals surface area contributed by atoms with Crippen LogP contribution in [-0.4, -0.2) is 34.1 Å².